The Kier molecular flexibility index (Phi) is 6.81. The molecule has 4 rings (SSSR count). The third kappa shape index (κ3) is 4.60. The lowest BCUT2D eigenvalue weighted by molar-refractivity contribution is -0.113. The van der Waals surface area contributed by atoms with Crippen molar-refractivity contribution < 1.29 is 4.79 Å². The minimum absolute atomic E-state index is 0.0795. The zero-order valence-electron chi connectivity index (χ0n) is 19.7. The number of carbonyl (C=O) groups is 1. The van der Waals surface area contributed by atoms with Crippen LogP contribution in [0.4, 0.5) is 5.69 Å². The van der Waals surface area contributed by atoms with Gasteiger partial charge >= 0.3 is 0 Å². The van der Waals surface area contributed by atoms with Gasteiger partial charge in [-0.15, -0.1) is 0 Å². The highest BCUT2D eigenvalue weighted by Crippen LogP contribution is 2.28. The molecule has 0 aliphatic carbocycles. The number of aromatic nitrogens is 4. The first kappa shape index (κ1) is 24.0. The van der Waals surface area contributed by atoms with Crippen LogP contribution in [0.3, 0.4) is 0 Å². The van der Waals surface area contributed by atoms with Gasteiger partial charge < -0.3 is 5.32 Å². The van der Waals surface area contributed by atoms with Gasteiger partial charge in [0.25, 0.3) is 5.56 Å². The van der Waals surface area contributed by atoms with E-state index in [1.165, 1.54) is 11.8 Å². The molecule has 0 fully saturated rings. The number of benzene rings is 2. The molecule has 0 aliphatic rings. The van der Waals surface area contributed by atoms with Gasteiger partial charge in [0.2, 0.25) is 5.91 Å². The highest BCUT2D eigenvalue weighted by Gasteiger charge is 2.19. The number of carbonyl (C=O) groups excluding carboxylic acids is 1. The number of hydrogen-bond acceptors (Lipinski definition) is 5. The Labute approximate surface area is 207 Å². The van der Waals surface area contributed by atoms with E-state index in [2.05, 4.69) is 24.3 Å². The van der Waals surface area contributed by atoms with E-state index < -0.39 is 0 Å². The number of nitrogens with zero attached hydrogens (tertiary/aromatic N) is 4. The lowest BCUT2D eigenvalue weighted by Crippen LogP contribution is -2.24. The van der Waals surface area contributed by atoms with E-state index in [1.807, 2.05) is 45.2 Å². The molecule has 2 heterocycles. The first-order chi connectivity index (χ1) is 16.2. The second-order valence-electron chi connectivity index (χ2n) is 8.42. The summed E-state index contributed by atoms with van der Waals surface area (Å²) >= 11 is 7.38. The Morgan fingerprint density at radius 2 is 1.91 bits per heavy atom. The van der Waals surface area contributed by atoms with E-state index in [0.29, 0.717) is 26.8 Å². The minimum atomic E-state index is -0.201. The van der Waals surface area contributed by atoms with Gasteiger partial charge in [0.15, 0.2) is 5.16 Å². The van der Waals surface area contributed by atoms with Gasteiger partial charge in [-0.25, -0.2) is 4.98 Å². The second-order valence-corrected chi connectivity index (χ2v) is 9.80. The molecule has 4 aromatic rings. The van der Waals surface area contributed by atoms with Gasteiger partial charge in [0.1, 0.15) is 0 Å². The maximum atomic E-state index is 13.6. The van der Waals surface area contributed by atoms with Crippen molar-refractivity contribution in [2.24, 2.45) is 7.05 Å². The molecule has 176 valence electrons. The summed E-state index contributed by atoms with van der Waals surface area (Å²) in [5.74, 6) is 0.0749. The summed E-state index contributed by atoms with van der Waals surface area (Å²) in [7, 11) is 1.84. The molecular weight excluding hydrogens is 470 g/mol. The molecule has 2 aromatic heterocycles. The molecule has 34 heavy (non-hydrogen) atoms. The second kappa shape index (κ2) is 9.64. The maximum Gasteiger partial charge on any atom is 0.266 e. The molecule has 0 spiro atoms. The molecule has 9 heteroatoms. The third-order valence-corrected chi connectivity index (χ3v) is 6.88. The minimum Gasteiger partial charge on any atom is -0.322 e. The van der Waals surface area contributed by atoms with Crippen LogP contribution in [0.15, 0.2) is 52.4 Å². The SMILES string of the molecule is Cc1nn(C)c(C)c1NC(=O)CSc1nc2cc(Cl)ccc2c(=O)n1-c1ccccc1C(C)C. The van der Waals surface area contributed by atoms with E-state index in [0.717, 1.165) is 22.6 Å². The number of rotatable bonds is 6. The highest BCUT2D eigenvalue weighted by atomic mass is 35.5. The van der Waals surface area contributed by atoms with Crippen molar-refractivity contribution in [3.63, 3.8) is 0 Å². The van der Waals surface area contributed by atoms with Gasteiger partial charge in [-0.05, 0) is 49.6 Å². The van der Waals surface area contributed by atoms with Crippen molar-refractivity contribution in [1.82, 2.24) is 19.3 Å². The quantitative estimate of drug-likeness (QED) is 0.292. The molecular formula is C25H26ClN5O2S. The Bertz CT molecular complexity index is 1460. The van der Waals surface area contributed by atoms with E-state index in [-0.39, 0.29) is 23.1 Å². The zero-order chi connectivity index (χ0) is 24.6. The van der Waals surface area contributed by atoms with Crippen LogP contribution in [0.25, 0.3) is 16.6 Å². The number of halogens is 1. The maximum absolute atomic E-state index is 13.6. The summed E-state index contributed by atoms with van der Waals surface area (Å²) in [6, 6.07) is 12.8. The third-order valence-electron chi connectivity index (χ3n) is 5.71. The van der Waals surface area contributed by atoms with E-state index in [4.69, 9.17) is 16.6 Å². The predicted octanol–water partition coefficient (Wildman–Crippen LogP) is 5.24. The number of thioether (sulfide) groups is 1. The fourth-order valence-corrected chi connectivity index (χ4v) is 4.86. The molecule has 7 nitrogen and oxygen atoms in total. The highest BCUT2D eigenvalue weighted by molar-refractivity contribution is 7.99. The number of anilines is 1. The Morgan fingerprint density at radius 3 is 2.59 bits per heavy atom. The first-order valence-electron chi connectivity index (χ1n) is 10.9. The molecule has 0 atom stereocenters. The topological polar surface area (TPSA) is 81.8 Å². The van der Waals surface area contributed by atoms with Crippen molar-refractivity contribution in [2.45, 2.75) is 38.8 Å². The number of hydrogen-bond donors (Lipinski definition) is 1. The molecule has 1 amide bonds. The first-order valence-corrected chi connectivity index (χ1v) is 12.3. The van der Waals surface area contributed by atoms with Gasteiger partial charge in [0.05, 0.1) is 39.4 Å². The lowest BCUT2D eigenvalue weighted by Gasteiger charge is -2.18. The zero-order valence-corrected chi connectivity index (χ0v) is 21.3. The normalized spacial score (nSPS) is 11.4. The molecule has 0 radical (unpaired) electrons. The summed E-state index contributed by atoms with van der Waals surface area (Å²) in [6.07, 6.45) is 0. The fourth-order valence-electron chi connectivity index (χ4n) is 3.89. The number of amides is 1. The van der Waals surface area contributed by atoms with Crippen LogP contribution in [0.2, 0.25) is 5.02 Å². The Morgan fingerprint density at radius 1 is 1.18 bits per heavy atom. The number of aryl methyl sites for hydroxylation is 2. The van der Waals surface area contributed by atoms with E-state index in [9.17, 15) is 9.59 Å². The monoisotopic (exact) mass is 495 g/mol. The van der Waals surface area contributed by atoms with Gasteiger partial charge in [0, 0.05) is 12.1 Å². The molecule has 0 bridgehead atoms. The Hall–Kier alpha value is -3.10. The van der Waals surface area contributed by atoms with Crippen LogP contribution in [0.5, 0.6) is 0 Å². The summed E-state index contributed by atoms with van der Waals surface area (Å²) < 4.78 is 3.33. The summed E-state index contributed by atoms with van der Waals surface area (Å²) in [4.78, 5) is 31.2. The molecule has 0 unspecified atom stereocenters. The van der Waals surface area contributed by atoms with Crippen LogP contribution in [-0.2, 0) is 11.8 Å². The molecule has 0 saturated carbocycles. The summed E-state index contributed by atoms with van der Waals surface area (Å²) in [6.45, 7) is 7.91. The standard InChI is InChI=1S/C25H26ClN5O2S/c1-14(2)18-8-6-7-9-21(18)31-24(33)19-11-10-17(26)12-20(19)27-25(31)34-13-22(32)28-23-15(3)29-30(5)16(23)4/h6-12,14H,13H2,1-5H3,(H,28,32). The average molecular weight is 496 g/mol. The van der Waals surface area contributed by atoms with Crippen LogP contribution in [0, 0.1) is 13.8 Å². The largest absolute Gasteiger partial charge is 0.322 e. The summed E-state index contributed by atoms with van der Waals surface area (Å²) in [5, 5.41) is 8.68. The molecule has 1 N–H and O–H groups in total. The van der Waals surface area contributed by atoms with Crippen LogP contribution < -0.4 is 10.9 Å². The molecule has 0 aliphatic heterocycles. The molecule has 2 aromatic carbocycles. The van der Waals surface area contributed by atoms with Crippen molar-refractivity contribution in [3.05, 3.63) is 74.8 Å². The number of fused-ring (bicyclic) bond motifs is 1. The van der Waals surface area contributed by atoms with Crippen molar-refractivity contribution in [3.8, 4) is 5.69 Å². The van der Waals surface area contributed by atoms with Gasteiger partial charge in [-0.3, -0.25) is 18.8 Å². The van der Waals surface area contributed by atoms with E-state index >= 15 is 0 Å². The fraction of sp³-hybridized carbons (Fsp3) is 0.280. The van der Waals surface area contributed by atoms with Crippen molar-refractivity contribution in [2.75, 3.05) is 11.1 Å². The van der Waals surface area contributed by atoms with Crippen LogP contribution >= 0.6 is 23.4 Å². The van der Waals surface area contributed by atoms with Crippen LogP contribution in [-0.4, -0.2) is 31.0 Å². The average Bonchev–Trinajstić information content (AvgIpc) is 3.03. The predicted molar refractivity (Wildman–Crippen MR) is 138 cm³/mol. The Balaban J connectivity index is 1.76. The van der Waals surface area contributed by atoms with Crippen LogP contribution in [0.1, 0.15) is 36.7 Å². The van der Waals surface area contributed by atoms with Crippen molar-refractivity contribution in [1.29, 1.82) is 0 Å². The number of para-hydroxylation sites is 1. The molecule has 0 saturated heterocycles. The van der Waals surface area contributed by atoms with Gasteiger partial charge in [-0.2, -0.15) is 5.10 Å². The van der Waals surface area contributed by atoms with E-state index in [1.54, 1.807) is 27.4 Å². The lowest BCUT2D eigenvalue weighted by atomic mass is 10.0. The number of nitrogens with one attached hydrogen (secondary N) is 1. The van der Waals surface area contributed by atoms with Crippen molar-refractivity contribution >= 4 is 45.9 Å². The smallest absolute Gasteiger partial charge is 0.266 e. The van der Waals surface area contributed by atoms with Gasteiger partial charge in [-0.1, -0.05) is 55.4 Å². The summed E-state index contributed by atoms with van der Waals surface area (Å²) in [5.41, 5.74) is 4.40.